The van der Waals surface area contributed by atoms with Gasteiger partial charge in [0, 0.05) is 12.1 Å². The van der Waals surface area contributed by atoms with Gasteiger partial charge in [-0.2, -0.15) is 0 Å². The Hall–Kier alpha value is 0.154. The molecule has 6 heteroatoms. The van der Waals surface area contributed by atoms with Crippen LogP contribution in [0.25, 0.3) is 0 Å². The summed E-state index contributed by atoms with van der Waals surface area (Å²) in [5, 5.41) is 0. The molecule has 0 radical (unpaired) electrons. The molecule has 0 spiro atoms. The average Bonchev–Trinajstić information content (AvgIpc) is 2.52. The second kappa shape index (κ2) is 14.3. The number of halogens is 4. The van der Waals surface area contributed by atoms with Crippen molar-refractivity contribution in [2.75, 3.05) is 0 Å². The van der Waals surface area contributed by atoms with Crippen LogP contribution in [-0.4, -0.2) is 17.5 Å². The first-order chi connectivity index (χ1) is 11.3. The van der Waals surface area contributed by atoms with Crippen LogP contribution in [0.2, 0.25) is 24.2 Å². The highest BCUT2D eigenvalue weighted by Crippen LogP contribution is 2.32. The van der Waals surface area contributed by atoms with Gasteiger partial charge in [0.2, 0.25) is 0 Å². The summed E-state index contributed by atoms with van der Waals surface area (Å²) in [6.07, 6.45) is 11.5. The maximum absolute atomic E-state index is 13.9. The van der Waals surface area contributed by atoms with Gasteiger partial charge in [-0.05, 0) is 12.1 Å². The van der Waals surface area contributed by atoms with Crippen molar-refractivity contribution in [3.63, 3.8) is 0 Å². The molecule has 0 aromatic carbocycles. The zero-order valence-electron chi connectivity index (χ0n) is 15.8. The summed E-state index contributed by atoms with van der Waals surface area (Å²) >= 11 is 0. The molecular formula is C18H38F4Si2. The van der Waals surface area contributed by atoms with Crippen LogP contribution in [0.1, 0.15) is 90.9 Å². The molecule has 0 aromatic heterocycles. The van der Waals surface area contributed by atoms with Gasteiger partial charge >= 0.3 is 17.5 Å². The summed E-state index contributed by atoms with van der Waals surface area (Å²) in [6.45, 7) is 4.24. The fourth-order valence-corrected chi connectivity index (χ4v) is 7.90. The van der Waals surface area contributed by atoms with Crippen LogP contribution in [0.3, 0.4) is 0 Å². The minimum atomic E-state index is -4.39. The van der Waals surface area contributed by atoms with Crippen LogP contribution in [0.5, 0.6) is 0 Å². The first kappa shape index (κ1) is 24.2. The molecule has 0 aliphatic heterocycles. The largest absolute Gasteiger partial charge is 0.424 e. The van der Waals surface area contributed by atoms with Crippen molar-refractivity contribution >= 4 is 17.5 Å². The number of hydrogen-bond donors (Lipinski definition) is 0. The lowest BCUT2D eigenvalue weighted by Gasteiger charge is -2.17. The number of unbranched alkanes of at least 4 members (excludes halogenated alkanes) is 10. The van der Waals surface area contributed by atoms with Gasteiger partial charge in [0.1, 0.15) is 0 Å². The van der Waals surface area contributed by atoms with Crippen molar-refractivity contribution in [1.29, 1.82) is 0 Å². The Balaban J connectivity index is 3.76. The Morgan fingerprint density at radius 3 is 1.04 bits per heavy atom. The van der Waals surface area contributed by atoms with Crippen LogP contribution in [0.4, 0.5) is 16.4 Å². The summed E-state index contributed by atoms with van der Waals surface area (Å²) in [5.41, 5.74) is 0. The minimum Gasteiger partial charge on any atom is -0.270 e. The Morgan fingerprint density at radius 2 is 0.708 bits per heavy atom. The zero-order valence-corrected chi connectivity index (χ0v) is 17.8. The Labute approximate surface area is 149 Å². The molecular weight excluding hydrogens is 348 g/mol. The SMILES string of the molecule is CCCCCCCC[Si](F)(F)CC[Si](F)(F)CCCCCCCC. The van der Waals surface area contributed by atoms with Crippen molar-refractivity contribution in [3.05, 3.63) is 0 Å². The van der Waals surface area contributed by atoms with Crippen LogP contribution < -0.4 is 0 Å². The normalized spacial score (nSPS) is 12.8. The summed E-state index contributed by atoms with van der Waals surface area (Å²) in [5.74, 6) is 0. The predicted octanol–water partition coefficient (Wildman–Crippen LogP) is 8.47. The highest BCUT2D eigenvalue weighted by Gasteiger charge is 2.42. The van der Waals surface area contributed by atoms with Crippen LogP contribution in [0.15, 0.2) is 0 Å². The molecule has 0 N–H and O–H groups in total. The molecule has 0 fully saturated rings. The third-order valence-electron chi connectivity index (χ3n) is 4.65. The number of rotatable bonds is 17. The van der Waals surface area contributed by atoms with Gasteiger partial charge in [-0.1, -0.05) is 90.9 Å². The van der Waals surface area contributed by atoms with Crippen molar-refractivity contribution in [1.82, 2.24) is 0 Å². The lowest BCUT2D eigenvalue weighted by atomic mass is 10.1. The fourth-order valence-electron chi connectivity index (χ4n) is 2.94. The second-order valence-electron chi connectivity index (χ2n) is 7.25. The van der Waals surface area contributed by atoms with Crippen LogP contribution in [0, 0.1) is 0 Å². The van der Waals surface area contributed by atoms with E-state index in [1.54, 1.807) is 0 Å². The molecule has 0 saturated carbocycles. The molecule has 0 heterocycles. The molecule has 0 atom stereocenters. The van der Waals surface area contributed by atoms with E-state index in [0.29, 0.717) is 12.8 Å². The third-order valence-corrected chi connectivity index (χ3v) is 9.28. The van der Waals surface area contributed by atoms with Gasteiger partial charge < -0.3 is 0 Å². The van der Waals surface area contributed by atoms with E-state index in [9.17, 15) is 16.4 Å². The molecule has 0 aliphatic carbocycles. The molecule has 0 rings (SSSR count). The molecule has 146 valence electrons. The fraction of sp³-hybridized carbons (Fsp3) is 1.00. The first-order valence-electron chi connectivity index (χ1n) is 10.1. The zero-order chi connectivity index (χ0) is 18.3. The lowest BCUT2D eigenvalue weighted by molar-refractivity contribution is 0.538. The lowest BCUT2D eigenvalue weighted by Crippen LogP contribution is -2.29. The van der Waals surface area contributed by atoms with Gasteiger partial charge in [0.15, 0.2) is 0 Å². The molecule has 0 nitrogen and oxygen atoms in total. The molecule has 0 aliphatic rings. The second-order valence-corrected chi connectivity index (χ2v) is 12.7. The van der Waals surface area contributed by atoms with Crippen molar-refractivity contribution < 1.29 is 16.4 Å². The monoisotopic (exact) mass is 386 g/mol. The van der Waals surface area contributed by atoms with Crippen LogP contribution >= 0.6 is 0 Å². The van der Waals surface area contributed by atoms with Crippen LogP contribution in [-0.2, 0) is 0 Å². The summed E-state index contributed by atoms with van der Waals surface area (Å²) in [4.78, 5) is 0. The van der Waals surface area contributed by atoms with E-state index in [-0.39, 0.29) is 12.1 Å². The summed E-state index contributed by atoms with van der Waals surface area (Å²) in [7, 11) is -8.78. The van der Waals surface area contributed by atoms with E-state index < -0.39 is 29.6 Å². The third kappa shape index (κ3) is 15.7. The molecule has 24 heavy (non-hydrogen) atoms. The topological polar surface area (TPSA) is 0 Å². The molecule has 0 amide bonds. The predicted molar refractivity (Wildman–Crippen MR) is 102 cm³/mol. The van der Waals surface area contributed by atoms with E-state index >= 15 is 0 Å². The minimum absolute atomic E-state index is 0.0827. The van der Waals surface area contributed by atoms with E-state index in [4.69, 9.17) is 0 Å². The Bertz CT molecular complexity index is 258. The standard InChI is InChI=1S/C18H38F4Si2/c1-3-5-7-9-11-13-15-23(19,20)17-18-24(21,22)16-14-12-10-8-6-4-2/h3-18H2,1-2H3. The van der Waals surface area contributed by atoms with Gasteiger partial charge in [-0.15, -0.1) is 0 Å². The summed E-state index contributed by atoms with van der Waals surface area (Å²) < 4.78 is 55.5. The molecule has 0 aromatic rings. The van der Waals surface area contributed by atoms with Gasteiger partial charge in [-0.3, -0.25) is 16.4 Å². The highest BCUT2D eigenvalue weighted by atomic mass is 28.4. The average molecular weight is 387 g/mol. The van der Waals surface area contributed by atoms with Gasteiger partial charge in [0.05, 0.1) is 0 Å². The van der Waals surface area contributed by atoms with Crippen molar-refractivity contribution in [2.45, 2.75) is 115 Å². The molecule has 0 saturated heterocycles. The highest BCUT2D eigenvalue weighted by molar-refractivity contribution is 6.71. The van der Waals surface area contributed by atoms with Crippen molar-refractivity contribution in [2.24, 2.45) is 0 Å². The quantitative estimate of drug-likeness (QED) is 0.102. The maximum Gasteiger partial charge on any atom is 0.424 e. The molecule has 0 bridgehead atoms. The van der Waals surface area contributed by atoms with E-state index in [2.05, 4.69) is 13.8 Å². The van der Waals surface area contributed by atoms with E-state index in [1.165, 1.54) is 0 Å². The smallest absolute Gasteiger partial charge is 0.270 e. The maximum atomic E-state index is 13.9. The van der Waals surface area contributed by atoms with Gasteiger partial charge in [0.25, 0.3) is 0 Å². The Morgan fingerprint density at radius 1 is 0.417 bits per heavy atom. The number of hydrogen-bond acceptors (Lipinski definition) is 0. The molecule has 0 unspecified atom stereocenters. The van der Waals surface area contributed by atoms with E-state index in [1.807, 2.05) is 0 Å². The summed E-state index contributed by atoms with van der Waals surface area (Å²) in [6, 6.07) is -1.12. The van der Waals surface area contributed by atoms with E-state index in [0.717, 1.165) is 64.2 Å². The van der Waals surface area contributed by atoms with Crippen molar-refractivity contribution in [3.8, 4) is 0 Å². The Kier molecular flexibility index (Phi) is 14.4. The van der Waals surface area contributed by atoms with Gasteiger partial charge in [-0.25, -0.2) is 0 Å². The first-order valence-corrected chi connectivity index (χ1v) is 14.4.